The molecule has 1 amide bonds. The summed E-state index contributed by atoms with van der Waals surface area (Å²) in [6.45, 7) is 6.70. The van der Waals surface area contributed by atoms with Gasteiger partial charge >= 0.3 is 0 Å². The van der Waals surface area contributed by atoms with E-state index in [2.05, 4.69) is 26.1 Å². The molecule has 0 bridgehead atoms. The van der Waals surface area contributed by atoms with Crippen molar-refractivity contribution in [3.05, 3.63) is 24.3 Å². The number of carbonyl (C=O) groups excluding carboxylic acids is 1. The molecule has 0 saturated heterocycles. The highest BCUT2D eigenvalue weighted by Gasteiger charge is 2.39. The first-order valence-corrected chi connectivity index (χ1v) is 7.37. The van der Waals surface area contributed by atoms with Crippen LogP contribution < -0.4 is 10.1 Å². The van der Waals surface area contributed by atoms with Crippen LogP contribution in [0.5, 0.6) is 5.75 Å². The lowest BCUT2D eigenvalue weighted by atomic mass is 9.74. The molecule has 1 saturated carbocycles. The predicted molar refractivity (Wildman–Crippen MR) is 81.9 cm³/mol. The van der Waals surface area contributed by atoms with E-state index in [1.54, 1.807) is 7.11 Å². The third-order valence-corrected chi connectivity index (χ3v) is 4.32. The van der Waals surface area contributed by atoms with Crippen molar-refractivity contribution in [2.45, 2.75) is 40.0 Å². The molecule has 2 rings (SSSR count). The summed E-state index contributed by atoms with van der Waals surface area (Å²) >= 11 is 0. The van der Waals surface area contributed by atoms with Gasteiger partial charge in [0.2, 0.25) is 5.91 Å². The van der Waals surface area contributed by atoms with E-state index in [0.717, 1.165) is 30.7 Å². The first kappa shape index (κ1) is 14.9. The molecule has 1 aliphatic rings. The molecule has 20 heavy (non-hydrogen) atoms. The van der Waals surface area contributed by atoms with Gasteiger partial charge in [-0.3, -0.25) is 4.79 Å². The third kappa shape index (κ3) is 3.33. The second-order valence-electron chi connectivity index (χ2n) is 6.73. The minimum atomic E-state index is 0.136. The zero-order valence-corrected chi connectivity index (χ0v) is 12.9. The van der Waals surface area contributed by atoms with Gasteiger partial charge in [0.15, 0.2) is 0 Å². The summed E-state index contributed by atoms with van der Waals surface area (Å²) in [4.78, 5) is 12.5. The van der Waals surface area contributed by atoms with Crippen molar-refractivity contribution in [3.63, 3.8) is 0 Å². The number of amides is 1. The van der Waals surface area contributed by atoms with E-state index in [-0.39, 0.29) is 17.2 Å². The summed E-state index contributed by atoms with van der Waals surface area (Å²) in [5, 5.41) is 3.04. The molecule has 1 aliphatic carbocycles. The van der Waals surface area contributed by atoms with Crippen LogP contribution in [0, 0.1) is 17.3 Å². The van der Waals surface area contributed by atoms with Crippen molar-refractivity contribution < 1.29 is 9.53 Å². The van der Waals surface area contributed by atoms with E-state index in [1.165, 1.54) is 0 Å². The molecular weight excluding hydrogens is 250 g/mol. The minimum Gasteiger partial charge on any atom is -0.497 e. The van der Waals surface area contributed by atoms with E-state index in [4.69, 9.17) is 4.74 Å². The van der Waals surface area contributed by atoms with Crippen LogP contribution in [0.25, 0.3) is 0 Å². The second kappa shape index (κ2) is 5.86. The summed E-state index contributed by atoms with van der Waals surface area (Å²) < 4.78 is 5.12. The fourth-order valence-electron chi connectivity index (χ4n) is 3.22. The van der Waals surface area contributed by atoms with Crippen LogP contribution in [0.1, 0.15) is 40.0 Å². The fraction of sp³-hybridized carbons (Fsp3) is 0.588. The molecule has 2 unspecified atom stereocenters. The average Bonchev–Trinajstić information content (AvgIpc) is 2.89. The molecule has 3 heteroatoms. The zero-order chi connectivity index (χ0) is 14.8. The molecule has 0 spiro atoms. The van der Waals surface area contributed by atoms with Crippen molar-refractivity contribution in [2.75, 3.05) is 12.4 Å². The van der Waals surface area contributed by atoms with Crippen molar-refractivity contribution in [1.82, 2.24) is 0 Å². The maximum absolute atomic E-state index is 12.5. The fourth-order valence-corrected chi connectivity index (χ4v) is 3.22. The molecule has 110 valence electrons. The summed E-state index contributed by atoms with van der Waals surface area (Å²) in [6, 6.07) is 7.51. The van der Waals surface area contributed by atoms with Gasteiger partial charge in [-0.25, -0.2) is 0 Å². The normalized spacial score (nSPS) is 22.6. The lowest BCUT2D eigenvalue weighted by molar-refractivity contribution is -0.122. The van der Waals surface area contributed by atoms with E-state index < -0.39 is 0 Å². The average molecular weight is 275 g/mol. The van der Waals surface area contributed by atoms with Crippen LogP contribution in [0.4, 0.5) is 5.69 Å². The Hall–Kier alpha value is -1.51. The molecule has 1 N–H and O–H groups in total. The molecular formula is C17H25NO2. The summed E-state index contributed by atoms with van der Waals surface area (Å²) in [5.74, 6) is 1.57. The number of ether oxygens (including phenoxy) is 1. The van der Waals surface area contributed by atoms with Gasteiger partial charge in [-0.05, 0) is 48.4 Å². The van der Waals surface area contributed by atoms with Gasteiger partial charge in [0.05, 0.1) is 7.11 Å². The number of anilines is 1. The largest absolute Gasteiger partial charge is 0.497 e. The maximum atomic E-state index is 12.5. The molecule has 1 aromatic carbocycles. The molecule has 1 aromatic rings. The lowest BCUT2D eigenvalue weighted by Gasteiger charge is -2.31. The summed E-state index contributed by atoms with van der Waals surface area (Å²) in [5.41, 5.74) is 1.04. The van der Waals surface area contributed by atoms with E-state index in [0.29, 0.717) is 5.92 Å². The van der Waals surface area contributed by atoms with Gasteiger partial charge < -0.3 is 10.1 Å². The van der Waals surface area contributed by atoms with Crippen LogP contribution in [0.2, 0.25) is 0 Å². The highest BCUT2D eigenvalue weighted by molar-refractivity contribution is 5.93. The van der Waals surface area contributed by atoms with Crippen molar-refractivity contribution in [2.24, 2.45) is 17.3 Å². The number of methoxy groups -OCH3 is 1. The van der Waals surface area contributed by atoms with Crippen molar-refractivity contribution in [3.8, 4) is 5.75 Å². The van der Waals surface area contributed by atoms with Gasteiger partial charge in [0.25, 0.3) is 0 Å². The highest BCUT2D eigenvalue weighted by atomic mass is 16.5. The standard InChI is InChI=1S/C17H25NO2/c1-17(2,3)15-7-5-6-14(15)16(19)18-12-8-10-13(20-4)11-9-12/h8-11,14-15H,5-7H2,1-4H3,(H,18,19). The topological polar surface area (TPSA) is 38.3 Å². The minimum absolute atomic E-state index is 0.136. The Morgan fingerprint density at radius 2 is 1.85 bits per heavy atom. The van der Waals surface area contributed by atoms with Crippen LogP contribution >= 0.6 is 0 Å². The Kier molecular flexibility index (Phi) is 4.36. The smallest absolute Gasteiger partial charge is 0.227 e. The Morgan fingerprint density at radius 1 is 1.20 bits per heavy atom. The number of hydrogen-bond donors (Lipinski definition) is 1. The number of nitrogens with one attached hydrogen (secondary N) is 1. The summed E-state index contributed by atoms with van der Waals surface area (Å²) in [6.07, 6.45) is 3.32. The summed E-state index contributed by atoms with van der Waals surface area (Å²) in [7, 11) is 1.64. The molecule has 0 radical (unpaired) electrons. The third-order valence-electron chi connectivity index (χ3n) is 4.32. The SMILES string of the molecule is COc1ccc(NC(=O)C2CCCC2C(C)(C)C)cc1. The highest BCUT2D eigenvalue weighted by Crippen LogP contribution is 2.43. The van der Waals surface area contributed by atoms with Gasteiger partial charge in [0, 0.05) is 11.6 Å². The van der Waals surface area contributed by atoms with Gasteiger partial charge in [-0.2, -0.15) is 0 Å². The molecule has 0 heterocycles. The quantitative estimate of drug-likeness (QED) is 0.902. The Bertz CT molecular complexity index is 459. The molecule has 1 fully saturated rings. The Morgan fingerprint density at radius 3 is 2.40 bits per heavy atom. The maximum Gasteiger partial charge on any atom is 0.227 e. The van der Waals surface area contributed by atoms with Crippen LogP contribution in [-0.4, -0.2) is 13.0 Å². The zero-order valence-electron chi connectivity index (χ0n) is 12.9. The van der Waals surface area contributed by atoms with E-state index >= 15 is 0 Å². The van der Waals surface area contributed by atoms with Gasteiger partial charge in [0.1, 0.15) is 5.75 Å². The van der Waals surface area contributed by atoms with E-state index in [1.807, 2.05) is 24.3 Å². The molecule has 2 atom stereocenters. The first-order valence-electron chi connectivity index (χ1n) is 7.37. The second-order valence-corrected chi connectivity index (χ2v) is 6.73. The monoisotopic (exact) mass is 275 g/mol. The Balaban J connectivity index is 2.03. The number of carbonyl (C=O) groups is 1. The number of benzene rings is 1. The van der Waals surface area contributed by atoms with Crippen LogP contribution in [-0.2, 0) is 4.79 Å². The van der Waals surface area contributed by atoms with Crippen molar-refractivity contribution in [1.29, 1.82) is 0 Å². The van der Waals surface area contributed by atoms with Gasteiger partial charge in [-0.1, -0.05) is 27.2 Å². The number of rotatable bonds is 3. The first-order chi connectivity index (χ1) is 9.41. The predicted octanol–water partition coefficient (Wildman–Crippen LogP) is 4.10. The van der Waals surface area contributed by atoms with Crippen LogP contribution in [0.3, 0.4) is 0 Å². The van der Waals surface area contributed by atoms with Gasteiger partial charge in [-0.15, -0.1) is 0 Å². The van der Waals surface area contributed by atoms with Crippen LogP contribution in [0.15, 0.2) is 24.3 Å². The Labute approximate surface area is 121 Å². The number of hydrogen-bond acceptors (Lipinski definition) is 2. The lowest BCUT2D eigenvalue weighted by Crippen LogP contribution is -2.32. The van der Waals surface area contributed by atoms with E-state index in [9.17, 15) is 4.79 Å². The molecule has 0 aliphatic heterocycles. The molecule has 3 nitrogen and oxygen atoms in total. The van der Waals surface area contributed by atoms with Crippen molar-refractivity contribution >= 4 is 11.6 Å². The molecule has 0 aromatic heterocycles.